The number of rotatable bonds is 3. The molecule has 3 nitrogen and oxygen atoms in total. The van der Waals surface area contributed by atoms with Crippen molar-refractivity contribution in [2.24, 2.45) is 0 Å². The van der Waals surface area contributed by atoms with Crippen molar-refractivity contribution in [3.05, 3.63) is 97.1 Å². The van der Waals surface area contributed by atoms with Crippen molar-refractivity contribution in [1.82, 2.24) is 9.97 Å². The monoisotopic (exact) mass is 362 g/mol. The summed E-state index contributed by atoms with van der Waals surface area (Å²) in [5.74, 6) is 0.257. The van der Waals surface area contributed by atoms with Crippen LogP contribution in [0.3, 0.4) is 0 Å². The van der Waals surface area contributed by atoms with Gasteiger partial charge in [0.1, 0.15) is 5.75 Å². The molecule has 0 spiro atoms. The maximum atomic E-state index is 10.4. The van der Waals surface area contributed by atoms with E-state index in [2.05, 4.69) is 29.2 Å². The van der Waals surface area contributed by atoms with E-state index in [9.17, 15) is 5.11 Å². The predicted molar refractivity (Wildman–Crippen MR) is 114 cm³/mol. The van der Waals surface area contributed by atoms with Crippen molar-refractivity contribution < 1.29 is 5.11 Å². The van der Waals surface area contributed by atoms with E-state index in [-0.39, 0.29) is 5.75 Å². The molecular weight excluding hydrogens is 344 g/mol. The second kappa shape index (κ2) is 6.71. The Morgan fingerprint density at radius 2 is 1.21 bits per heavy atom. The van der Waals surface area contributed by atoms with Gasteiger partial charge in [-0.25, -0.2) is 4.98 Å². The molecule has 3 heteroatoms. The first kappa shape index (κ1) is 16.3. The zero-order chi connectivity index (χ0) is 18.9. The van der Waals surface area contributed by atoms with Crippen LogP contribution in [0.5, 0.6) is 5.75 Å². The third kappa shape index (κ3) is 2.74. The third-order valence-corrected chi connectivity index (χ3v) is 4.96. The highest BCUT2D eigenvalue weighted by molar-refractivity contribution is 6.04. The SMILES string of the molecule is Oc1ccccc1-c1[nH]c(-c2cccc(-c3ccccc3)n2)c2ccccc12. The van der Waals surface area contributed by atoms with E-state index in [1.807, 2.05) is 66.7 Å². The zero-order valence-electron chi connectivity index (χ0n) is 15.1. The molecule has 28 heavy (non-hydrogen) atoms. The minimum absolute atomic E-state index is 0.257. The largest absolute Gasteiger partial charge is 0.507 e. The number of para-hydroxylation sites is 1. The van der Waals surface area contributed by atoms with E-state index >= 15 is 0 Å². The van der Waals surface area contributed by atoms with Gasteiger partial charge in [0.2, 0.25) is 0 Å². The average molecular weight is 362 g/mol. The van der Waals surface area contributed by atoms with E-state index in [1.165, 1.54) is 0 Å². The summed E-state index contributed by atoms with van der Waals surface area (Å²) in [5.41, 5.74) is 5.52. The first-order valence-electron chi connectivity index (χ1n) is 9.23. The molecule has 0 saturated heterocycles. The van der Waals surface area contributed by atoms with Crippen LogP contribution < -0.4 is 0 Å². The van der Waals surface area contributed by atoms with E-state index in [1.54, 1.807) is 6.07 Å². The van der Waals surface area contributed by atoms with Gasteiger partial charge in [-0.2, -0.15) is 0 Å². The molecule has 0 aliphatic rings. The minimum Gasteiger partial charge on any atom is -0.507 e. The summed E-state index contributed by atoms with van der Waals surface area (Å²) < 4.78 is 0. The van der Waals surface area contributed by atoms with Gasteiger partial charge < -0.3 is 10.1 Å². The lowest BCUT2D eigenvalue weighted by molar-refractivity contribution is 0.477. The van der Waals surface area contributed by atoms with Gasteiger partial charge in [-0.1, -0.05) is 72.8 Å². The van der Waals surface area contributed by atoms with Crippen LogP contribution >= 0.6 is 0 Å². The van der Waals surface area contributed by atoms with Gasteiger partial charge in [-0.15, -0.1) is 0 Å². The van der Waals surface area contributed by atoms with Crippen LogP contribution in [0.25, 0.3) is 44.7 Å². The summed E-state index contributed by atoms with van der Waals surface area (Å²) in [6.07, 6.45) is 0. The van der Waals surface area contributed by atoms with E-state index < -0.39 is 0 Å². The van der Waals surface area contributed by atoms with Gasteiger partial charge in [-0.3, -0.25) is 0 Å². The summed E-state index contributed by atoms with van der Waals surface area (Å²) in [6, 6.07) is 31.8. The van der Waals surface area contributed by atoms with Crippen LogP contribution in [0.1, 0.15) is 0 Å². The van der Waals surface area contributed by atoms with Crippen molar-refractivity contribution in [1.29, 1.82) is 0 Å². The molecule has 0 unspecified atom stereocenters. The Bertz CT molecular complexity index is 1270. The first-order valence-corrected chi connectivity index (χ1v) is 9.23. The highest BCUT2D eigenvalue weighted by atomic mass is 16.3. The first-order chi connectivity index (χ1) is 13.8. The number of hydrogen-bond acceptors (Lipinski definition) is 2. The number of phenols is 1. The molecule has 0 aliphatic carbocycles. The molecule has 2 heterocycles. The van der Waals surface area contributed by atoms with E-state index in [0.717, 1.165) is 44.7 Å². The van der Waals surface area contributed by atoms with Crippen LogP contribution in [0.2, 0.25) is 0 Å². The van der Waals surface area contributed by atoms with Crippen molar-refractivity contribution >= 4 is 10.8 Å². The normalized spacial score (nSPS) is 11.0. The predicted octanol–water partition coefficient (Wildman–Crippen LogP) is 6.27. The smallest absolute Gasteiger partial charge is 0.124 e. The summed E-state index contributed by atoms with van der Waals surface area (Å²) in [6.45, 7) is 0. The number of nitrogens with zero attached hydrogens (tertiary/aromatic N) is 1. The lowest BCUT2D eigenvalue weighted by atomic mass is 10.1. The van der Waals surface area contributed by atoms with Gasteiger partial charge in [0.15, 0.2) is 0 Å². The number of phenolic OH excluding ortho intramolecular Hbond substituents is 1. The van der Waals surface area contributed by atoms with Crippen molar-refractivity contribution in [2.45, 2.75) is 0 Å². The molecule has 5 aromatic rings. The van der Waals surface area contributed by atoms with Crippen molar-refractivity contribution in [3.63, 3.8) is 0 Å². The van der Waals surface area contributed by atoms with Gasteiger partial charge in [0, 0.05) is 21.9 Å². The molecular formula is C25H18N2O. The van der Waals surface area contributed by atoms with Gasteiger partial charge in [0.05, 0.1) is 22.8 Å². The number of benzene rings is 3. The molecule has 0 fully saturated rings. The molecule has 0 bridgehead atoms. The number of pyridine rings is 1. The molecule has 0 saturated carbocycles. The van der Waals surface area contributed by atoms with Crippen molar-refractivity contribution in [2.75, 3.05) is 0 Å². The number of hydrogen-bond donors (Lipinski definition) is 2. The second-order valence-electron chi connectivity index (χ2n) is 6.71. The van der Waals surface area contributed by atoms with Crippen LogP contribution in [-0.4, -0.2) is 15.1 Å². The van der Waals surface area contributed by atoms with Crippen LogP contribution in [0, 0.1) is 0 Å². The van der Waals surface area contributed by atoms with Gasteiger partial charge in [0.25, 0.3) is 0 Å². The van der Waals surface area contributed by atoms with E-state index in [0.29, 0.717) is 0 Å². The zero-order valence-corrected chi connectivity index (χ0v) is 15.1. The molecule has 0 amide bonds. The molecule has 0 aliphatic heterocycles. The summed E-state index contributed by atoms with van der Waals surface area (Å²) in [4.78, 5) is 8.42. The van der Waals surface area contributed by atoms with Gasteiger partial charge in [-0.05, 0) is 24.3 Å². The summed E-state index contributed by atoms with van der Waals surface area (Å²) in [7, 11) is 0. The number of aromatic amines is 1. The fraction of sp³-hybridized carbons (Fsp3) is 0. The molecule has 134 valence electrons. The maximum Gasteiger partial charge on any atom is 0.124 e. The Hall–Kier alpha value is -3.85. The number of aromatic nitrogens is 2. The lowest BCUT2D eigenvalue weighted by Gasteiger charge is -2.05. The molecule has 2 aromatic heterocycles. The minimum atomic E-state index is 0.257. The Labute approximate surface area is 163 Å². The molecule has 0 atom stereocenters. The standard InChI is InChI=1S/C25H18N2O/c28-23-16-7-6-13-20(23)24-18-11-4-5-12-19(18)25(27-24)22-15-8-14-21(26-22)17-9-2-1-3-10-17/h1-16,27-28H. The number of nitrogens with one attached hydrogen (secondary N) is 1. The summed E-state index contributed by atoms with van der Waals surface area (Å²) >= 11 is 0. The van der Waals surface area contributed by atoms with Crippen LogP contribution in [0.15, 0.2) is 97.1 Å². The van der Waals surface area contributed by atoms with E-state index in [4.69, 9.17) is 4.98 Å². The molecule has 2 N–H and O–H groups in total. The maximum absolute atomic E-state index is 10.4. The van der Waals surface area contributed by atoms with Crippen molar-refractivity contribution in [3.8, 4) is 39.7 Å². The molecule has 0 radical (unpaired) electrons. The quantitative estimate of drug-likeness (QED) is 0.397. The third-order valence-electron chi connectivity index (χ3n) is 4.96. The van der Waals surface area contributed by atoms with Crippen LogP contribution in [0.4, 0.5) is 0 Å². The highest BCUT2D eigenvalue weighted by Crippen LogP contribution is 2.38. The highest BCUT2D eigenvalue weighted by Gasteiger charge is 2.16. The number of H-pyrrole nitrogens is 1. The number of aromatic hydroxyl groups is 1. The lowest BCUT2D eigenvalue weighted by Crippen LogP contribution is -1.88. The Kier molecular flexibility index (Phi) is 3.91. The molecule has 5 rings (SSSR count). The molecule has 3 aromatic carbocycles. The summed E-state index contributed by atoms with van der Waals surface area (Å²) in [5, 5.41) is 12.5. The van der Waals surface area contributed by atoms with Crippen LogP contribution in [-0.2, 0) is 0 Å². The average Bonchev–Trinajstić information content (AvgIpc) is 3.14. The fourth-order valence-electron chi connectivity index (χ4n) is 3.62. The Morgan fingerprint density at radius 1 is 0.571 bits per heavy atom. The Balaban J connectivity index is 1.72. The van der Waals surface area contributed by atoms with Gasteiger partial charge >= 0.3 is 0 Å². The second-order valence-corrected chi connectivity index (χ2v) is 6.71. The Morgan fingerprint density at radius 3 is 2.00 bits per heavy atom. The topological polar surface area (TPSA) is 48.9 Å². The number of fused-ring (bicyclic) bond motifs is 1. The fourth-order valence-corrected chi connectivity index (χ4v) is 3.62.